The van der Waals surface area contributed by atoms with E-state index in [0.29, 0.717) is 6.61 Å². The van der Waals surface area contributed by atoms with Gasteiger partial charge >= 0.3 is 0 Å². The molecule has 0 bridgehead atoms. The Morgan fingerprint density at radius 2 is 1.47 bits per heavy atom. The minimum Gasteiger partial charge on any atom is -0.494 e. The minimum absolute atomic E-state index is 0.234. The zero-order chi connectivity index (χ0) is 13.5. The maximum atomic E-state index is 9.97. The Morgan fingerprint density at radius 3 is 2.05 bits per heavy atom. The van der Waals surface area contributed by atoms with Crippen LogP contribution in [-0.4, -0.2) is 18.3 Å². The van der Waals surface area contributed by atoms with Gasteiger partial charge in [0.05, 0.1) is 6.61 Å². The van der Waals surface area contributed by atoms with Gasteiger partial charge in [-0.2, -0.15) is 0 Å². The van der Waals surface area contributed by atoms with Crippen LogP contribution in [0.3, 0.4) is 0 Å². The quantitative estimate of drug-likeness (QED) is 0.864. The number of aliphatic hydroxyl groups excluding tert-OH is 1. The molecule has 3 heteroatoms. The van der Waals surface area contributed by atoms with E-state index in [9.17, 15) is 5.11 Å². The van der Waals surface area contributed by atoms with Crippen LogP contribution in [-0.2, 0) is 0 Å². The summed E-state index contributed by atoms with van der Waals surface area (Å²) >= 11 is 0. The van der Waals surface area contributed by atoms with Crippen LogP contribution in [0.5, 0.6) is 11.5 Å². The van der Waals surface area contributed by atoms with Crippen molar-refractivity contribution in [2.24, 2.45) is 0 Å². The first kappa shape index (κ1) is 13.4. The first-order chi connectivity index (χ1) is 9.29. The topological polar surface area (TPSA) is 38.7 Å². The maximum Gasteiger partial charge on any atom is 0.119 e. The van der Waals surface area contributed by atoms with Crippen molar-refractivity contribution in [3.63, 3.8) is 0 Å². The Kier molecular flexibility index (Phi) is 4.81. The molecule has 2 aromatic rings. The monoisotopic (exact) mass is 258 g/mol. The second-order valence-corrected chi connectivity index (χ2v) is 4.14. The number of hydrogen-bond donors (Lipinski definition) is 1. The highest BCUT2D eigenvalue weighted by molar-refractivity contribution is 5.31. The first-order valence-corrected chi connectivity index (χ1v) is 6.38. The molecule has 0 aromatic heterocycles. The molecule has 0 aliphatic rings. The average molecular weight is 258 g/mol. The molecule has 19 heavy (non-hydrogen) atoms. The summed E-state index contributed by atoms with van der Waals surface area (Å²) in [4.78, 5) is 0. The third-order valence-corrected chi connectivity index (χ3v) is 2.73. The van der Waals surface area contributed by atoms with E-state index < -0.39 is 6.10 Å². The van der Waals surface area contributed by atoms with Crippen LogP contribution >= 0.6 is 0 Å². The van der Waals surface area contributed by atoms with Gasteiger partial charge in [0, 0.05) is 0 Å². The van der Waals surface area contributed by atoms with Crippen LogP contribution in [0.1, 0.15) is 18.6 Å². The van der Waals surface area contributed by atoms with Crippen LogP contribution in [0.4, 0.5) is 0 Å². The van der Waals surface area contributed by atoms with Crippen molar-refractivity contribution in [3.05, 3.63) is 60.2 Å². The van der Waals surface area contributed by atoms with Crippen molar-refractivity contribution >= 4 is 0 Å². The Morgan fingerprint density at radius 1 is 0.895 bits per heavy atom. The van der Waals surface area contributed by atoms with Gasteiger partial charge in [0.1, 0.15) is 24.2 Å². The van der Waals surface area contributed by atoms with Crippen molar-refractivity contribution in [1.82, 2.24) is 0 Å². The van der Waals surface area contributed by atoms with E-state index in [2.05, 4.69) is 0 Å². The third kappa shape index (κ3) is 4.00. The molecular weight excluding hydrogens is 240 g/mol. The van der Waals surface area contributed by atoms with Gasteiger partial charge in [-0.25, -0.2) is 0 Å². The van der Waals surface area contributed by atoms with Gasteiger partial charge in [-0.1, -0.05) is 30.3 Å². The summed E-state index contributed by atoms with van der Waals surface area (Å²) in [5.74, 6) is 1.54. The van der Waals surface area contributed by atoms with Gasteiger partial charge in [-0.05, 0) is 36.8 Å². The molecule has 0 heterocycles. The predicted octanol–water partition coefficient (Wildman–Crippen LogP) is 3.20. The van der Waals surface area contributed by atoms with E-state index in [1.165, 1.54) is 0 Å². The second-order valence-electron chi connectivity index (χ2n) is 4.14. The van der Waals surface area contributed by atoms with Gasteiger partial charge in [0.25, 0.3) is 0 Å². The Hall–Kier alpha value is -2.00. The number of benzene rings is 2. The highest BCUT2D eigenvalue weighted by atomic mass is 16.5. The molecule has 0 aliphatic heterocycles. The van der Waals surface area contributed by atoms with E-state index in [-0.39, 0.29) is 6.61 Å². The van der Waals surface area contributed by atoms with E-state index in [4.69, 9.17) is 9.47 Å². The van der Waals surface area contributed by atoms with Gasteiger partial charge in [-0.3, -0.25) is 0 Å². The fourth-order valence-corrected chi connectivity index (χ4v) is 1.75. The molecule has 1 N–H and O–H groups in total. The van der Waals surface area contributed by atoms with Gasteiger partial charge in [-0.15, -0.1) is 0 Å². The standard InChI is InChI=1S/C16H18O3/c1-2-18-14-8-10-15(11-9-14)19-12-16(17)13-6-4-3-5-7-13/h3-11,16-17H,2,12H2,1H3. The second kappa shape index (κ2) is 6.81. The third-order valence-electron chi connectivity index (χ3n) is 2.73. The van der Waals surface area contributed by atoms with Crippen molar-refractivity contribution < 1.29 is 14.6 Å². The summed E-state index contributed by atoms with van der Waals surface area (Å²) in [7, 11) is 0. The minimum atomic E-state index is -0.618. The fraction of sp³-hybridized carbons (Fsp3) is 0.250. The molecule has 0 fully saturated rings. The Bertz CT molecular complexity index is 479. The van der Waals surface area contributed by atoms with E-state index in [1.54, 1.807) is 0 Å². The van der Waals surface area contributed by atoms with E-state index in [1.807, 2.05) is 61.5 Å². The zero-order valence-corrected chi connectivity index (χ0v) is 11.0. The maximum absolute atomic E-state index is 9.97. The van der Waals surface area contributed by atoms with Crippen LogP contribution in [0.2, 0.25) is 0 Å². The molecule has 0 aliphatic carbocycles. The molecule has 1 unspecified atom stereocenters. The van der Waals surface area contributed by atoms with Crippen LogP contribution in [0.15, 0.2) is 54.6 Å². The lowest BCUT2D eigenvalue weighted by Crippen LogP contribution is -2.09. The van der Waals surface area contributed by atoms with Crippen LogP contribution in [0, 0.1) is 0 Å². The van der Waals surface area contributed by atoms with Crippen LogP contribution in [0.25, 0.3) is 0 Å². The van der Waals surface area contributed by atoms with E-state index in [0.717, 1.165) is 17.1 Å². The molecule has 0 radical (unpaired) electrons. The molecule has 2 aromatic carbocycles. The van der Waals surface area contributed by atoms with Crippen LogP contribution < -0.4 is 9.47 Å². The lowest BCUT2D eigenvalue weighted by molar-refractivity contribution is 0.108. The summed E-state index contributed by atoms with van der Waals surface area (Å²) in [6.07, 6.45) is -0.618. The largest absolute Gasteiger partial charge is 0.494 e. The number of rotatable bonds is 6. The lowest BCUT2D eigenvalue weighted by Gasteiger charge is -2.13. The SMILES string of the molecule is CCOc1ccc(OCC(O)c2ccccc2)cc1. The summed E-state index contributed by atoms with van der Waals surface area (Å²) in [5.41, 5.74) is 0.855. The van der Waals surface area contributed by atoms with Crippen molar-refractivity contribution in [2.45, 2.75) is 13.0 Å². The highest BCUT2D eigenvalue weighted by Crippen LogP contribution is 2.19. The molecule has 1 atom stereocenters. The number of aliphatic hydroxyl groups is 1. The fourth-order valence-electron chi connectivity index (χ4n) is 1.75. The summed E-state index contributed by atoms with van der Waals surface area (Å²) in [6, 6.07) is 16.9. The lowest BCUT2D eigenvalue weighted by atomic mass is 10.1. The molecule has 0 spiro atoms. The van der Waals surface area contributed by atoms with Crippen molar-refractivity contribution in [1.29, 1.82) is 0 Å². The first-order valence-electron chi connectivity index (χ1n) is 6.38. The predicted molar refractivity (Wildman–Crippen MR) is 74.5 cm³/mol. The molecule has 0 amide bonds. The van der Waals surface area contributed by atoms with Crippen molar-refractivity contribution in [2.75, 3.05) is 13.2 Å². The Balaban J connectivity index is 1.88. The number of hydrogen-bond acceptors (Lipinski definition) is 3. The van der Waals surface area contributed by atoms with Gasteiger partial charge < -0.3 is 14.6 Å². The van der Waals surface area contributed by atoms with Crippen molar-refractivity contribution in [3.8, 4) is 11.5 Å². The molecule has 100 valence electrons. The molecular formula is C16H18O3. The smallest absolute Gasteiger partial charge is 0.119 e. The average Bonchev–Trinajstić information content (AvgIpc) is 2.47. The number of ether oxygens (including phenoxy) is 2. The van der Waals surface area contributed by atoms with E-state index >= 15 is 0 Å². The summed E-state index contributed by atoms with van der Waals surface area (Å²) in [5, 5.41) is 9.97. The highest BCUT2D eigenvalue weighted by Gasteiger charge is 2.07. The molecule has 0 saturated carbocycles. The molecule has 3 nitrogen and oxygen atoms in total. The van der Waals surface area contributed by atoms with Gasteiger partial charge in [0.2, 0.25) is 0 Å². The Labute approximate surface area is 113 Å². The summed E-state index contributed by atoms with van der Waals surface area (Å²) in [6.45, 7) is 2.82. The molecule has 0 saturated heterocycles. The normalized spacial score (nSPS) is 11.9. The van der Waals surface area contributed by atoms with Gasteiger partial charge in [0.15, 0.2) is 0 Å². The zero-order valence-electron chi connectivity index (χ0n) is 11.0. The summed E-state index contributed by atoms with van der Waals surface area (Å²) < 4.78 is 10.9. The molecule has 2 rings (SSSR count).